The number of rotatable bonds is 3. The fraction of sp³-hybridized carbons (Fsp3) is 0.316. The van der Waals surface area contributed by atoms with Gasteiger partial charge in [-0.05, 0) is 31.9 Å². The summed E-state index contributed by atoms with van der Waals surface area (Å²) in [7, 11) is 0. The maximum absolute atomic E-state index is 13.0. The Labute approximate surface area is 146 Å². The fourth-order valence-electron chi connectivity index (χ4n) is 3.42. The molecule has 3 heterocycles. The Morgan fingerprint density at radius 2 is 2.08 bits per heavy atom. The van der Waals surface area contributed by atoms with Gasteiger partial charge in [-0.3, -0.25) is 4.79 Å². The van der Waals surface area contributed by atoms with Gasteiger partial charge in [0.05, 0.1) is 29.3 Å². The van der Waals surface area contributed by atoms with E-state index in [9.17, 15) is 4.79 Å². The summed E-state index contributed by atoms with van der Waals surface area (Å²) in [4.78, 5) is 19.1. The number of aryl methyl sites for hydroxylation is 1. The molecule has 0 bridgehead atoms. The van der Waals surface area contributed by atoms with Crippen LogP contribution in [-0.2, 0) is 0 Å². The van der Waals surface area contributed by atoms with Gasteiger partial charge in [0, 0.05) is 31.7 Å². The molecule has 4 rings (SSSR count). The number of amides is 1. The number of likely N-dealkylation sites (tertiary alicyclic amines) is 1. The molecule has 6 nitrogen and oxygen atoms in total. The van der Waals surface area contributed by atoms with Crippen LogP contribution in [-0.4, -0.2) is 43.2 Å². The van der Waals surface area contributed by atoms with Crippen molar-refractivity contribution in [3.05, 3.63) is 66.5 Å². The van der Waals surface area contributed by atoms with Crippen molar-refractivity contribution in [2.24, 2.45) is 0 Å². The molecule has 0 aliphatic carbocycles. The van der Waals surface area contributed by atoms with Crippen molar-refractivity contribution in [3.8, 4) is 5.69 Å². The number of benzene rings is 1. The number of piperidine rings is 1. The average Bonchev–Trinajstić information content (AvgIpc) is 3.32. The first-order valence-electron chi connectivity index (χ1n) is 8.61. The monoisotopic (exact) mass is 335 g/mol. The van der Waals surface area contributed by atoms with Crippen LogP contribution < -0.4 is 0 Å². The second-order valence-corrected chi connectivity index (χ2v) is 6.47. The Bertz CT molecular complexity index is 853. The molecule has 0 saturated carbocycles. The Morgan fingerprint density at radius 1 is 1.24 bits per heavy atom. The summed E-state index contributed by atoms with van der Waals surface area (Å²) >= 11 is 0. The molecule has 0 unspecified atom stereocenters. The number of hydrogen-bond acceptors (Lipinski definition) is 3. The molecule has 6 heteroatoms. The minimum atomic E-state index is 0.0597. The van der Waals surface area contributed by atoms with Gasteiger partial charge < -0.3 is 9.47 Å². The Morgan fingerprint density at radius 3 is 2.84 bits per heavy atom. The zero-order chi connectivity index (χ0) is 17.2. The van der Waals surface area contributed by atoms with Crippen molar-refractivity contribution in [3.63, 3.8) is 0 Å². The van der Waals surface area contributed by atoms with Gasteiger partial charge in [-0.2, -0.15) is 5.10 Å². The van der Waals surface area contributed by atoms with E-state index in [2.05, 4.69) is 14.6 Å². The Kier molecular flexibility index (Phi) is 4.09. The highest BCUT2D eigenvalue weighted by molar-refractivity contribution is 5.95. The van der Waals surface area contributed by atoms with Gasteiger partial charge in [-0.15, -0.1) is 0 Å². The predicted octanol–water partition coefficient (Wildman–Crippen LogP) is 2.85. The smallest absolute Gasteiger partial charge is 0.257 e. The van der Waals surface area contributed by atoms with Crippen LogP contribution in [0.15, 0.2) is 55.2 Å². The van der Waals surface area contributed by atoms with E-state index in [4.69, 9.17) is 0 Å². The summed E-state index contributed by atoms with van der Waals surface area (Å²) in [6.45, 7) is 3.40. The predicted molar refractivity (Wildman–Crippen MR) is 94.7 cm³/mol. The first-order chi connectivity index (χ1) is 12.2. The minimum absolute atomic E-state index is 0.0597. The summed E-state index contributed by atoms with van der Waals surface area (Å²) in [5.41, 5.74) is 2.40. The molecule has 1 amide bonds. The molecule has 0 N–H and O–H groups in total. The highest BCUT2D eigenvalue weighted by Gasteiger charge is 2.27. The maximum atomic E-state index is 13.0. The van der Waals surface area contributed by atoms with Crippen molar-refractivity contribution in [1.29, 1.82) is 0 Å². The first kappa shape index (κ1) is 15.6. The molecule has 0 spiro atoms. The lowest BCUT2D eigenvalue weighted by atomic mass is 10.0. The highest BCUT2D eigenvalue weighted by atomic mass is 16.2. The van der Waals surface area contributed by atoms with Crippen LogP contribution in [0, 0.1) is 6.92 Å². The van der Waals surface area contributed by atoms with Crippen LogP contribution >= 0.6 is 0 Å². The molecule has 25 heavy (non-hydrogen) atoms. The summed E-state index contributed by atoms with van der Waals surface area (Å²) in [6.07, 6.45) is 9.50. The van der Waals surface area contributed by atoms with Crippen molar-refractivity contribution in [2.45, 2.75) is 25.8 Å². The molecule has 3 aromatic rings. The van der Waals surface area contributed by atoms with Crippen LogP contribution in [0.4, 0.5) is 0 Å². The molecule has 2 aromatic heterocycles. The zero-order valence-corrected chi connectivity index (χ0v) is 14.2. The number of imidazole rings is 1. The number of carbonyl (C=O) groups excluding carboxylic acids is 1. The molecule has 1 fully saturated rings. The van der Waals surface area contributed by atoms with Crippen LogP contribution in [0.25, 0.3) is 5.69 Å². The van der Waals surface area contributed by atoms with E-state index in [1.54, 1.807) is 10.9 Å². The standard InChI is InChI=1S/C19H21N5O/c1-15-18(13-24(21-15)16-6-3-2-4-7-16)19(25)22-10-5-8-17(12-22)23-11-9-20-14-23/h2-4,6-7,9,11,13-14,17H,5,8,10,12H2,1H3/t17-/m0/s1. The maximum Gasteiger partial charge on any atom is 0.257 e. The van der Waals surface area contributed by atoms with Gasteiger partial charge in [0.2, 0.25) is 0 Å². The summed E-state index contributed by atoms with van der Waals surface area (Å²) < 4.78 is 3.87. The van der Waals surface area contributed by atoms with Crippen molar-refractivity contribution < 1.29 is 4.79 Å². The van der Waals surface area contributed by atoms with Crippen LogP contribution in [0.5, 0.6) is 0 Å². The molecular formula is C19H21N5O. The molecule has 1 aliphatic rings. The lowest BCUT2D eigenvalue weighted by molar-refractivity contribution is 0.0678. The van der Waals surface area contributed by atoms with Crippen molar-refractivity contribution in [1.82, 2.24) is 24.2 Å². The first-order valence-corrected chi connectivity index (χ1v) is 8.61. The third kappa shape index (κ3) is 3.07. The highest BCUT2D eigenvalue weighted by Crippen LogP contribution is 2.23. The topological polar surface area (TPSA) is 56.0 Å². The number of hydrogen-bond donors (Lipinski definition) is 0. The normalized spacial score (nSPS) is 17.6. The SMILES string of the molecule is Cc1nn(-c2ccccc2)cc1C(=O)N1CCC[C@H](n2ccnc2)C1. The van der Waals surface area contributed by atoms with Gasteiger partial charge >= 0.3 is 0 Å². The van der Waals surface area contributed by atoms with Crippen molar-refractivity contribution >= 4 is 5.91 Å². The molecule has 1 saturated heterocycles. The zero-order valence-electron chi connectivity index (χ0n) is 14.2. The largest absolute Gasteiger partial charge is 0.336 e. The van der Waals surface area contributed by atoms with E-state index in [0.29, 0.717) is 18.2 Å². The van der Waals surface area contributed by atoms with Gasteiger partial charge in [-0.1, -0.05) is 18.2 Å². The lowest BCUT2D eigenvalue weighted by Gasteiger charge is -2.33. The molecule has 1 aromatic carbocycles. The van der Waals surface area contributed by atoms with Crippen LogP contribution in [0.1, 0.15) is 34.9 Å². The molecule has 1 aliphatic heterocycles. The van der Waals surface area contributed by atoms with E-state index in [0.717, 1.165) is 30.8 Å². The number of aromatic nitrogens is 4. The molecule has 128 valence electrons. The van der Waals surface area contributed by atoms with E-state index >= 15 is 0 Å². The lowest BCUT2D eigenvalue weighted by Crippen LogP contribution is -2.40. The fourth-order valence-corrected chi connectivity index (χ4v) is 3.42. The minimum Gasteiger partial charge on any atom is -0.336 e. The second-order valence-electron chi connectivity index (χ2n) is 6.47. The van der Waals surface area contributed by atoms with Crippen molar-refractivity contribution in [2.75, 3.05) is 13.1 Å². The van der Waals surface area contributed by atoms with E-state index in [1.165, 1.54) is 0 Å². The Balaban J connectivity index is 1.55. The van der Waals surface area contributed by atoms with Gasteiger partial charge in [-0.25, -0.2) is 9.67 Å². The third-order valence-corrected chi connectivity index (χ3v) is 4.78. The number of nitrogens with zero attached hydrogens (tertiary/aromatic N) is 5. The average molecular weight is 335 g/mol. The van der Waals surface area contributed by atoms with Gasteiger partial charge in [0.1, 0.15) is 0 Å². The quantitative estimate of drug-likeness (QED) is 0.739. The second kappa shape index (κ2) is 6.55. The van der Waals surface area contributed by atoms with E-state index < -0.39 is 0 Å². The van der Waals surface area contributed by atoms with Gasteiger partial charge in [0.25, 0.3) is 5.91 Å². The molecule has 1 atom stereocenters. The molecular weight excluding hydrogens is 314 g/mol. The van der Waals surface area contributed by atoms with E-state index in [1.807, 2.05) is 60.9 Å². The van der Waals surface area contributed by atoms with Crippen LogP contribution in [0.3, 0.4) is 0 Å². The van der Waals surface area contributed by atoms with Gasteiger partial charge in [0.15, 0.2) is 0 Å². The summed E-state index contributed by atoms with van der Waals surface area (Å²) in [6, 6.07) is 10.2. The number of para-hydroxylation sites is 1. The Hall–Kier alpha value is -2.89. The van der Waals surface area contributed by atoms with E-state index in [-0.39, 0.29) is 5.91 Å². The number of carbonyl (C=O) groups is 1. The molecule has 0 radical (unpaired) electrons. The van der Waals surface area contributed by atoms with Crippen LogP contribution in [0.2, 0.25) is 0 Å². The third-order valence-electron chi connectivity index (χ3n) is 4.78. The summed E-state index contributed by atoms with van der Waals surface area (Å²) in [5, 5.41) is 4.52. The summed E-state index contributed by atoms with van der Waals surface area (Å²) in [5.74, 6) is 0.0597.